The number of piperidine rings is 1. The van der Waals surface area contributed by atoms with Crippen LogP contribution in [0.5, 0.6) is 0 Å². The molecule has 0 bridgehead atoms. The van der Waals surface area contributed by atoms with E-state index in [0.717, 1.165) is 12.5 Å². The van der Waals surface area contributed by atoms with Crippen molar-refractivity contribution in [2.45, 2.75) is 65.5 Å². The van der Waals surface area contributed by atoms with Crippen molar-refractivity contribution < 1.29 is 4.74 Å². The molecule has 0 amide bonds. The molecule has 1 heterocycles. The third-order valence-corrected chi connectivity index (χ3v) is 5.40. The van der Waals surface area contributed by atoms with Crippen LogP contribution in [0.4, 0.5) is 0 Å². The highest BCUT2D eigenvalue weighted by molar-refractivity contribution is 5.85. The van der Waals surface area contributed by atoms with Gasteiger partial charge in [-0.25, -0.2) is 0 Å². The van der Waals surface area contributed by atoms with Gasteiger partial charge in [-0.3, -0.25) is 4.90 Å². The van der Waals surface area contributed by atoms with Gasteiger partial charge in [0.2, 0.25) is 0 Å². The van der Waals surface area contributed by atoms with Gasteiger partial charge in [0.1, 0.15) is 0 Å². The van der Waals surface area contributed by atoms with Crippen molar-refractivity contribution in [3.8, 4) is 0 Å². The largest absolute Gasteiger partial charge is 0.378 e. The van der Waals surface area contributed by atoms with Crippen LogP contribution in [0, 0.1) is 11.3 Å². The molecule has 1 saturated heterocycles. The number of hydrogen-bond donors (Lipinski definition) is 1. The average Bonchev–Trinajstić information content (AvgIpc) is 2.44. The fraction of sp³-hybridized carbons (Fsp3) is 1.00. The van der Waals surface area contributed by atoms with E-state index in [-0.39, 0.29) is 12.4 Å². The van der Waals surface area contributed by atoms with Gasteiger partial charge in [0.15, 0.2) is 0 Å². The first-order valence-corrected chi connectivity index (χ1v) is 8.65. The molecule has 21 heavy (non-hydrogen) atoms. The van der Waals surface area contributed by atoms with Crippen LogP contribution in [0.15, 0.2) is 0 Å². The zero-order chi connectivity index (χ0) is 14.6. The Kier molecular flexibility index (Phi) is 7.97. The summed E-state index contributed by atoms with van der Waals surface area (Å²) in [5, 5.41) is 3.48. The SMILES string of the molecule is CCCN(CC1CCNCC1)C1CC(OCC)C1(C)C.Cl. The van der Waals surface area contributed by atoms with E-state index in [1.165, 1.54) is 51.9 Å². The molecule has 1 aliphatic heterocycles. The number of hydrogen-bond acceptors (Lipinski definition) is 3. The van der Waals surface area contributed by atoms with Crippen molar-refractivity contribution in [2.24, 2.45) is 11.3 Å². The smallest absolute Gasteiger partial charge is 0.0655 e. The van der Waals surface area contributed by atoms with Crippen molar-refractivity contribution in [1.82, 2.24) is 10.2 Å². The van der Waals surface area contributed by atoms with E-state index in [4.69, 9.17) is 4.74 Å². The van der Waals surface area contributed by atoms with Gasteiger partial charge >= 0.3 is 0 Å². The minimum atomic E-state index is 0. The summed E-state index contributed by atoms with van der Waals surface area (Å²) in [6, 6.07) is 0.717. The highest BCUT2D eigenvalue weighted by Gasteiger charge is 2.51. The number of halogens is 1. The van der Waals surface area contributed by atoms with E-state index in [2.05, 4.69) is 37.9 Å². The molecule has 0 aromatic heterocycles. The van der Waals surface area contributed by atoms with E-state index in [0.29, 0.717) is 17.6 Å². The summed E-state index contributed by atoms with van der Waals surface area (Å²) in [5.74, 6) is 0.893. The predicted molar refractivity (Wildman–Crippen MR) is 92.3 cm³/mol. The van der Waals surface area contributed by atoms with Crippen LogP contribution < -0.4 is 5.32 Å². The van der Waals surface area contributed by atoms with Gasteiger partial charge in [-0.05, 0) is 58.2 Å². The number of nitrogens with zero attached hydrogens (tertiary/aromatic N) is 1. The quantitative estimate of drug-likeness (QED) is 0.779. The van der Waals surface area contributed by atoms with Gasteiger partial charge in [0.05, 0.1) is 6.10 Å². The van der Waals surface area contributed by atoms with Crippen LogP contribution in [-0.2, 0) is 4.74 Å². The first-order chi connectivity index (χ1) is 9.59. The molecule has 2 rings (SSSR count). The minimum Gasteiger partial charge on any atom is -0.378 e. The van der Waals surface area contributed by atoms with Gasteiger partial charge < -0.3 is 10.1 Å². The molecule has 2 atom stereocenters. The lowest BCUT2D eigenvalue weighted by atomic mass is 9.63. The Hall–Kier alpha value is 0.170. The maximum atomic E-state index is 5.90. The number of nitrogens with one attached hydrogen (secondary N) is 1. The topological polar surface area (TPSA) is 24.5 Å². The van der Waals surface area contributed by atoms with Crippen molar-refractivity contribution in [2.75, 3.05) is 32.8 Å². The van der Waals surface area contributed by atoms with E-state index < -0.39 is 0 Å². The Morgan fingerprint density at radius 3 is 2.38 bits per heavy atom. The summed E-state index contributed by atoms with van der Waals surface area (Å²) >= 11 is 0. The molecule has 1 aliphatic carbocycles. The van der Waals surface area contributed by atoms with Crippen molar-refractivity contribution in [3.05, 3.63) is 0 Å². The number of rotatable bonds is 7. The molecule has 3 nitrogen and oxygen atoms in total. The summed E-state index contributed by atoms with van der Waals surface area (Å²) in [6.07, 6.45) is 5.65. The highest BCUT2D eigenvalue weighted by Crippen LogP contribution is 2.46. The highest BCUT2D eigenvalue weighted by atomic mass is 35.5. The van der Waals surface area contributed by atoms with Gasteiger partial charge in [-0.1, -0.05) is 20.8 Å². The molecular formula is C17H35ClN2O. The Labute approximate surface area is 137 Å². The molecule has 1 N–H and O–H groups in total. The van der Waals surface area contributed by atoms with Crippen LogP contribution in [0.1, 0.15) is 53.4 Å². The molecule has 126 valence electrons. The van der Waals surface area contributed by atoms with Gasteiger partial charge in [0.25, 0.3) is 0 Å². The van der Waals surface area contributed by atoms with Crippen LogP contribution in [0.2, 0.25) is 0 Å². The standard InChI is InChI=1S/C17H34N2O.ClH/c1-5-11-19(13-14-7-9-18-10-8-14)15-12-16(20-6-2)17(15,3)4;/h14-16,18H,5-13H2,1-4H3;1H. The summed E-state index contributed by atoms with van der Waals surface area (Å²) in [7, 11) is 0. The Morgan fingerprint density at radius 2 is 1.86 bits per heavy atom. The van der Waals surface area contributed by atoms with Crippen LogP contribution in [0.25, 0.3) is 0 Å². The lowest BCUT2D eigenvalue weighted by Gasteiger charge is -2.56. The lowest BCUT2D eigenvalue weighted by molar-refractivity contribution is -0.152. The van der Waals surface area contributed by atoms with E-state index in [9.17, 15) is 0 Å². The van der Waals surface area contributed by atoms with Crippen molar-refractivity contribution in [1.29, 1.82) is 0 Å². The second-order valence-electron chi connectivity index (χ2n) is 7.21. The van der Waals surface area contributed by atoms with Crippen molar-refractivity contribution in [3.63, 3.8) is 0 Å². The summed E-state index contributed by atoms with van der Waals surface area (Å²) < 4.78 is 5.90. The maximum absolute atomic E-state index is 5.90. The molecule has 0 radical (unpaired) electrons. The Morgan fingerprint density at radius 1 is 1.19 bits per heavy atom. The molecule has 2 aliphatic rings. The molecule has 2 unspecified atom stereocenters. The monoisotopic (exact) mass is 318 g/mol. The van der Waals surface area contributed by atoms with Crippen LogP contribution in [0.3, 0.4) is 0 Å². The van der Waals surface area contributed by atoms with Crippen molar-refractivity contribution >= 4 is 12.4 Å². The van der Waals surface area contributed by atoms with Gasteiger partial charge in [-0.2, -0.15) is 0 Å². The summed E-state index contributed by atoms with van der Waals surface area (Å²) in [6.45, 7) is 15.0. The van der Waals surface area contributed by atoms with Gasteiger partial charge in [-0.15, -0.1) is 12.4 Å². The van der Waals surface area contributed by atoms with Crippen LogP contribution >= 0.6 is 12.4 Å². The van der Waals surface area contributed by atoms with E-state index in [1.54, 1.807) is 0 Å². The first-order valence-electron chi connectivity index (χ1n) is 8.65. The second kappa shape index (κ2) is 8.71. The fourth-order valence-corrected chi connectivity index (χ4v) is 4.03. The molecule has 0 aromatic carbocycles. The first kappa shape index (κ1) is 19.2. The van der Waals surface area contributed by atoms with E-state index >= 15 is 0 Å². The summed E-state index contributed by atoms with van der Waals surface area (Å²) in [4.78, 5) is 2.77. The third-order valence-electron chi connectivity index (χ3n) is 5.40. The summed E-state index contributed by atoms with van der Waals surface area (Å²) in [5.41, 5.74) is 0.318. The second-order valence-corrected chi connectivity index (χ2v) is 7.21. The fourth-order valence-electron chi connectivity index (χ4n) is 4.03. The molecule has 4 heteroatoms. The zero-order valence-electron chi connectivity index (χ0n) is 14.4. The molecular weight excluding hydrogens is 284 g/mol. The minimum absolute atomic E-state index is 0. The molecule has 1 saturated carbocycles. The molecule has 0 aromatic rings. The van der Waals surface area contributed by atoms with E-state index in [1.807, 2.05) is 0 Å². The Bertz CT molecular complexity index is 293. The predicted octanol–water partition coefficient (Wildman–Crippen LogP) is 3.32. The number of ether oxygens (including phenoxy) is 1. The average molecular weight is 319 g/mol. The molecule has 2 fully saturated rings. The van der Waals surface area contributed by atoms with Gasteiger partial charge in [0, 0.05) is 24.6 Å². The van der Waals surface area contributed by atoms with Crippen LogP contribution in [-0.4, -0.2) is 49.8 Å². The third kappa shape index (κ3) is 4.57. The molecule has 0 spiro atoms. The normalized spacial score (nSPS) is 29.0. The zero-order valence-corrected chi connectivity index (χ0v) is 15.2. The Balaban J connectivity index is 0.00000220. The maximum Gasteiger partial charge on any atom is 0.0655 e. The lowest BCUT2D eigenvalue weighted by Crippen LogP contribution is -2.63.